The van der Waals surface area contributed by atoms with E-state index >= 15 is 0 Å². The standard InChI is InChI=1S/C9H7BrCl2N4/c1-2-16-4-13-3-5(16)9-14-7(11)6(10)8(12)15-9/h3-4H,2H2,1H3. The molecule has 0 aliphatic rings. The van der Waals surface area contributed by atoms with Crippen molar-refractivity contribution in [1.82, 2.24) is 19.5 Å². The molecule has 0 saturated carbocycles. The Hall–Kier alpha value is -0.650. The maximum atomic E-state index is 5.92. The fraction of sp³-hybridized carbons (Fsp3) is 0.222. The van der Waals surface area contributed by atoms with Crippen LogP contribution in [0.5, 0.6) is 0 Å². The minimum absolute atomic E-state index is 0.291. The van der Waals surface area contributed by atoms with Gasteiger partial charge in [0, 0.05) is 6.54 Å². The minimum atomic E-state index is 0.291. The molecule has 0 N–H and O–H groups in total. The van der Waals surface area contributed by atoms with Crippen LogP contribution >= 0.6 is 39.1 Å². The zero-order valence-electron chi connectivity index (χ0n) is 8.28. The van der Waals surface area contributed by atoms with Crippen LogP contribution in [-0.2, 0) is 6.54 Å². The molecule has 2 rings (SSSR count). The monoisotopic (exact) mass is 320 g/mol. The second kappa shape index (κ2) is 4.69. The first kappa shape index (κ1) is 11.8. The molecule has 0 aliphatic carbocycles. The molecule has 84 valence electrons. The topological polar surface area (TPSA) is 43.6 Å². The Morgan fingerprint density at radius 2 is 1.94 bits per heavy atom. The van der Waals surface area contributed by atoms with E-state index in [1.165, 1.54) is 0 Å². The van der Waals surface area contributed by atoms with Gasteiger partial charge >= 0.3 is 0 Å². The molecule has 4 nitrogen and oxygen atoms in total. The molecule has 0 bridgehead atoms. The molecule has 0 fully saturated rings. The summed E-state index contributed by atoms with van der Waals surface area (Å²) in [6.07, 6.45) is 3.39. The second-order valence-electron chi connectivity index (χ2n) is 3.01. The van der Waals surface area contributed by atoms with E-state index in [2.05, 4.69) is 30.9 Å². The molecule has 0 amide bonds. The van der Waals surface area contributed by atoms with E-state index in [1.807, 2.05) is 11.5 Å². The highest BCUT2D eigenvalue weighted by atomic mass is 79.9. The Labute approximate surface area is 111 Å². The lowest BCUT2D eigenvalue weighted by molar-refractivity contribution is 0.763. The van der Waals surface area contributed by atoms with Gasteiger partial charge < -0.3 is 4.57 Å². The van der Waals surface area contributed by atoms with Crippen molar-refractivity contribution in [3.05, 3.63) is 27.3 Å². The summed E-state index contributed by atoms with van der Waals surface area (Å²) in [5, 5.41) is 0.581. The van der Waals surface area contributed by atoms with E-state index in [0.29, 0.717) is 20.6 Å². The molecule has 0 unspecified atom stereocenters. The van der Waals surface area contributed by atoms with Gasteiger partial charge in [-0.1, -0.05) is 23.2 Å². The van der Waals surface area contributed by atoms with Crippen LogP contribution in [0.1, 0.15) is 6.92 Å². The summed E-state index contributed by atoms with van der Waals surface area (Å²) in [6.45, 7) is 2.79. The van der Waals surface area contributed by atoms with Gasteiger partial charge in [-0.3, -0.25) is 0 Å². The number of nitrogens with zero attached hydrogens (tertiary/aromatic N) is 4. The minimum Gasteiger partial charge on any atom is -0.328 e. The Bertz CT molecular complexity index is 503. The van der Waals surface area contributed by atoms with Crippen molar-refractivity contribution >= 4 is 39.1 Å². The molecule has 0 aliphatic heterocycles. The van der Waals surface area contributed by atoms with E-state index in [4.69, 9.17) is 23.2 Å². The number of imidazole rings is 1. The van der Waals surface area contributed by atoms with Crippen molar-refractivity contribution in [2.75, 3.05) is 0 Å². The van der Waals surface area contributed by atoms with Crippen LogP contribution in [0.25, 0.3) is 11.5 Å². The number of hydrogen-bond donors (Lipinski definition) is 0. The molecule has 0 radical (unpaired) electrons. The van der Waals surface area contributed by atoms with E-state index in [0.717, 1.165) is 12.2 Å². The van der Waals surface area contributed by atoms with Crippen molar-refractivity contribution in [1.29, 1.82) is 0 Å². The number of halogens is 3. The molecule has 0 saturated heterocycles. The van der Waals surface area contributed by atoms with Crippen molar-refractivity contribution in [2.45, 2.75) is 13.5 Å². The van der Waals surface area contributed by atoms with Crippen LogP contribution < -0.4 is 0 Å². The van der Waals surface area contributed by atoms with Crippen LogP contribution in [0, 0.1) is 0 Å². The maximum absolute atomic E-state index is 5.92. The first-order valence-corrected chi connectivity index (χ1v) is 6.07. The van der Waals surface area contributed by atoms with Gasteiger partial charge in [-0.2, -0.15) is 0 Å². The molecule has 0 atom stereocenters. The zero-order valence-corrected chi connectivity index (χ0v) is 11.4. The Morgan fingerprint density at radius 3 is 2.50 bits per heavy atom. The summed E-state index contributed by atoms with van der Waals surface area (Å²) in [5.41, 5.74) is 0.791. The predicted octanol–water partition coefficient (Wildman–Crippen LogP) is 3.43. The molecule has 0 spiro atoms. The predicted molar refractivity (Wildman–Crippen MR) is 66.6 cm³/mol. The van der Waals surface area contributed by atoms with Crippen molar-refractivity contribution in [2.24, 2.45) is 0 Å². The lowest BCUT2D eigenvalue weighted by atomic mass is 10.4. The summed E-state index contributed by atoms with van der Waals surface area (Å²) in [4.78, 5) is 12.3. The third-order valence-corrected chi connectivity index (χ3v) is 3.81. The number of aryl methyl sites for hydroxylation is 1. The Morgan fingerprint density at radius 1 is 1.31 bits per heavy atom. The number of aromatic nitrogens is 4. The van der Waals surface area contributed by atoms with Crippen molar-refractivity contribution in [3.8, 4) is 11.5 Å². The Kier molecular flexibility index (Phi) is 3.47. The fourth-order valence-electron chi connectivity index (χ4n) is 1.27. The molecule has 2 aromatic rings. The summed E-state index contributed by atoms with van der Waals surface area (Å²) < 4.78 is 2.41. The van der Waals surface area contributed by atoms with Gasteiger partial charge in [0.05, 0.1) is 17.0 Å². The van der Waals surface area contributed by atoms with Gasteiger partial charge in [-0.15, -0.1) is 0 Å². The maximum Gasteiger partial charge on any atom is 0.180 e. The summed E-state index contributed by atoms with van der Waals surface area (Å²) in [6, 6.07) is 0. The van der Waals surface area contributed by atoms with Gasteiger partial charge in [-0.25, -0.2) is 15.0 Å². The van der Waals surface area contributed by atoms with Gasteiger partial charge in [0.25, 0.3) is 0 Å². The summed E-state index contributed by atoms with van der Waals surface area (Å²) in [7, 11) is 0. The van der Waals surface area contributed by atoms with Gasteiger partial charge in [0.2, 0.25) is 0 Å². The molecule has 16 heavy (non-hydrogen) atoms. The van der Waals surface area contributed by atoms with E-state index in [-0.39, 0.29) is 0 Å². The lowest BCUT2D eigenvalue weighted by Crippen LogP contribution is -1.99. The highest BCUT2D eigenvalue weighted by Gasteiger charge is 2.13. The Balaban J connectivity index is 2.57. The fourth-order valence-corrected chi connectivity index (χ4v) is 1.83. The zero-order chi connectivity index (χ0) is 11.7. The largest absolute Gasteiger partial charge is 0.328 e. The van der Waals surface area contributed by atoms with Crippen LogP contribution in [0.15, 0.2) is 17.0 Å². The smallest absolute Gasteiger partial charge is 0.180 e. The SMILES string of the molecule is CCn1cncc1-c1nc(Cl)c(Br)c(Cl)n1. The van der Waals surface area contributed by atoms with E-state index < -0.39 is 0 Å². The van der Waals surface area contributed by atoms with Crippen molar-refractivity contribution < 1.29 is 0 Å². The number of hydrogen-bond acceptors (Lipinski definition) is 3. The van der Waals surface area contributed by atoms with Gasteiger partial charge in [-0.05, 0) is 22.9 Å². The highest BCUT2D eigenvalue weighted by Crippen LogP contribution is 2.29. The molecule has 2 aromatic heterocycles. The molecular weight excluding hydrogens is 315 g/mol. The average molecular weight is 322 g/mol. The lowest BCUT2D eigenvalue weighted by Gasteiger charge is -2.05. The third kappa shape index (κ3) is 2.07. The summed E-state index contributed by atoms with van der Waals surface area (Å²) >= 11 is 15.0. The first-order valence-electron chi connectivity index (χ1n) is 4.52. The van der Waals surface area contributed by atoms with Gasteiger partial charge in [0.15, 0.2) is 5.82 Å². The molecular formula is C9H7BrCl2N4. The van der Waals surface area contributed by atoms with Crippen LogP contribution in [0.4, 0.5) is 0 Å². The molecule has 0 aromatic carbocycles. The second-order valence-corrected chi connectivity index (χ2v) is 4.52. The van der Waals surface area contributed by atoms with Crippen LogP contribution in [0.2, 0.25) is 10.3 Å². The average Bonchev–Trinajstić information content (AvgIpc) is 2.73. The third-order valence-electron chi connectivity index (χ3n) is 2.05. The quantitative estimate of drug-likeness (QED) is 0.796. The first-order chi connectivity index (χ1) is 7.63. The molecule has 2 heterocycles. The highest BCUT2D eigenvalue weighted by molar-refractivity contribution is 9.10. The van der Waals surface area contributed by atoms with Crippen LogP contribution in [-0.4, -0.2) is 19.5 Å². The van der Waals surface area contributed by atoms with E-state index in [1.54, 1.807) is 12.5 Å². The van der Waals surface area contributed by atoms with Gasteiger partial charge in [0.1, 0.15) is 16.0 Å². The normalized spacial score (nSPS) is 10.8. The van der Waals surface area contributed by atoms with Crippen molar-refractivity contribution in [3.63, 3.8) is 0 Å². The van der Waals surface area contributed by atoms with E-state index in [9.17, 15) is 0 Å². The van der Waals surface area contributed by atoms with Crippen LogP contribution in [0.3, 0.4) is 0 Å². The number of rotatable bonds is 2. The molecule has 7 heteroatoms. The summed E-state index contributed by atoms with van der Waals surface area (Å²) in [5.74, 6) is 0.470.